The number of rotatable bonds is 3. The van der Waals surface area contributed by atoms with Gasteiger partial charge < -0.3 is 0 Å². The first-order chi connectivity index (χ1) is 7.13. The Kier molecular flexibility index (Phi) is 2.78. The molecule has 2 rings (SSSR count). The van der Waals surface area contributed by atoms with Crippen LogP contribution in [0.4, 0.5) is 0 Å². The molecule has 1 saturated heterocycles. The first-order valence-corrected chi connectivity index (χ1v) is 5.69. The summed E-state index contributed by atoms with van der Waals surface area (Å²) >= 11 is 0. The number of amides is 2. The number of carbonyl (C=O) groups is 2. The normalized spacial score (nSPS) is 25.9. The van der Waals surface area contributed by atoms with Gasteiger partial charge in [0.2, 0.25) is 11.8 Å². The van der Waals surface area contributed by atoms with E-state index in [-0.39, 0.29) is 11.8 Å². The van der Waals surface area contributed by atoms with Crippen molar-refractivity contribution in [1.82, 2.24) is 10.2 Å². The topological polar surface area (TPSA) is 49.4 Å². The number of imide groups is 1. The van der Waals surface area contributed by atoms with E-state index in [0.717, 1.165) is 13.0 Å². The van der Waals surface area contributed by atoms with E-state index in [1.54, 1.807) is 0 Å². The predicted octanol–water partition coefficient (Wildman–Crippen LogP) is 0.525. The van der Waals surface area contributed by atoms with Crippen LogP contribution in [0, 0.1) is 5.41 Å². The smallest absolute Gasteiger partial charge is 0.240 e. The first-order valence-electron chi connectivity index (χ1n) is 5.69. The van der Waals surface area contributed by atoms with Crippen LogP contribution in [0.25, 0.3) is 0 Å². The fraction of sp³-hybridized carbons (Fsp3) is 0.818. The highest BCUT2D eigenvalue weighted by Crippen LogP contribution is 2.44. The highest BCUT2D eigenvalue weighted by molar-refractivity contribution is 5.99. The van der Waals surface area contributed by atoms with E-state index in [9.17, 15) is 9.59 Å². The molecule has 15 heavy (non-hydrogen) atoms. The van der Waals surface area contributed by atoms with Crippen molar-refractivity contribution in [3.8, 4) is 0 Å². The summed E-state index contributed by atoms with van der Waals surface area (Å²) in [5, 5.41) is 2.33. The molecule has 0 radical (unpaired) electrons. The van der Waals surface area contributed by atoms with Gasteiger partial charge in [0.15, 0.2) is 0 Å². The van der Waals surface area contributed by atoms with Gasteiger partial charge in [-0.3, -0.25) is 19.8 Å². The third-order valence-electron chi connectivity index (χ3n) is 3.74. The molecule has 0 aromatic carbocycles. The minimum absolute atomic E-state index is 0.156. The van der Waals surface area contributed by atoms with Crippen LogP contribution in [0.5, 0.6) is 0 Å². The highest BCUT2D eigenvalue weighted by Gasteiger charge is 2.38. The Bertz CT molecular complexity index is 263. The third-order valence-corrected chi connectivity index (χ3v) is 3.74. The average Bonchev–Trinajstić information content (AvgIpc) is 2.10. The van der Waals surface area contributed by atoms with Gasteiger partial charge in [-0.05, 0) is 24.7 Å². The van der Waals surface area contributed by atoms with Crippen LogP contribution in [0.1, 0.15) is 32.6 Å². The Labute approximate surface area is 90.0 Å². The number of nitrogens with one attached hydrogen (secondary N) is 1. The molecule has 1 N–H and O–H groups in total. The Morgan fingerprint density at radius 1 is 1.27 bits per heavy atom. The van der Waals surface area contributed by atoms with Crippen LogP contribution >= 0.6 is 0 Å². The Hall–Kier alpha value is -0.900. The molecule has 0 aromatic rings. The van der Waals surface area contributed by atoms with Gasteiger partial charge >= 0.3 is 0 Å². The van der Waals surface area contributed by atoms with Gasteiger partial charge in [0.1, 0.15) is 0 Å². The molecular formula is C11H18N2O2. The molecule has 2 fully saturated rings. The fourth-order valence-corrected chi connectivity index (χ4v) is 2.58. The molecule has 1 aliphatic heterocycles. The molecule has 84 valence electrons. The molecule has 4 heteroatoms. The Morgan fingerprint density at radius 2 is 1.87 bits per heavy atom. The van der Waals surface area contributed by atoms with Crippen molar-refractivity contribution in [1.29, 1.82) is 0 Å². The lowest BCUT2D eigenvalue weighted by Crippen LogP contribution is -2.54. The summed E-state index contributed by atoms with van der Waals surface area (Å²) < 4.78 is 0. The zero-order chi connectivity index (χ0) is 10.9. The van der Waals surface area contributed by atoms with Crippen LogP contribution in [-0.2, 0) is 9.59 Å². The number of nitrogens with zero attached hydrogens (tertiary/aromatic N) is 1. The van der Waals surface area contributed by atoms with E-state index in [1.165, 1.54) is 19.3 Å². The van der Waals surface area contributed by atoms with Crippen molar-refractivity contribution in [2.24, 2.45) is 5.41 Å². The number of carbonyl (C=O) groups excluding carboxylic acids is 2. The molecule has 0 bridgehead atoms. The molecule has 2 aliphatic rings. The molecule has 0 spiro atoms. The summed E-state index contributed by atoms with van der Waals surface area (Å²) in [5.41, 5.74) is 0.387. The lowest BCUT2D eigenvalue weighted by molar-refractivity contribution is -0.137. The SMILES string of the molecule is CCC1(CN2CC(=O)NC(=O)C2)CCC1. The van der Waals surface area contributed by atoms with Crippen LogP contribution in [-0.4, -0.2) is 36.3 Å². The molecule has 0 aromatic heterocycles. The summed E-state index contributed by atoms with van der Waals surface area (Å²) in [4.78, 5) is 24.4. The average molecular weight is 210 g/mol. The second kappa shape index (κ2) is 3.93. The summed E-state index contributed by atoms with van der Waals surface area (Å²) in [6.45, 7) is 3.87. The molecular weight excluding hydrogens is 192 g/mol. The monoisotopic (exact) mass is 210 g/mol. The van der Waals surface area contributed by atoms with Gasteiger partial charge in [0.25, 0.3) is 0 Å². The van der Waals surface area contributed by atoms with Gasteiger partial charge in [0, 0.05) is 6.54 Å². The number of piperazine rings is 1. The van der Waals surface area contributed by atoms with Crippen molar-refractivity contribution < 1.29 is 9.59 Å². The molecule has 1 aliphatic carbocycles. The lowest BCUT2D eigenvalue weighted by Gasteiger charge is -2.45. The van der Waals surface area contributed by atoms with E-state index in [4.69, 9.17) is 0 Å². The third kappa shape index (κ3) is 2.20. The molecule has 0 unspecified atom stereocenters. The van der Waals surface area contributed by atoms with Crippen molar-refractivity contribution in [3.63, 3.8) is 0 Å². The van der Waals surface area contributed by atoms with Crippen LogP contribution < -0.4 is 5.32 Å². The van der Waals surface area contributed by atoms with Crippen molar-refractivity contribution >= 4 is 11.8 Å². The van der Waals surface area contributed by atoms with Crippen molar-refractivity contribution in [3.05, 3.63) is 0 Å². The van der Waals surface area contributed by atoms with Crippen LogP contribution in [0.15, 0.2) is 0 Å². The summed E-state index contributed by atoms with van der Waals surface area (Å²) in [6, 6.07) is 0. The van der Waals surface area contributed by atoms with Gasteiger partial charge in [-0.25, -0.2) is 0 Å². The van der Waals surface area contributed by atoms with Gasteiger partial charge in [-0.15, -0.1) is 0 Å². The van der Waals surface area contributed by atoms with Crippen molar-refractivity contribution in [2.45, 2.75) is 32.6 Å². The maximum atomic E-state index is 11.2. The molecule has 4 nitrogen and oxygen atoms in total. The minimum atomic E-state index is -0.156. The summed E-state index contributed by atoms with van der Waals surface area (Å²) in [5.74, 6) is -0.311. The second-order valence-electron chi connectivity index (χ2n) is 4.82. The standard InChI is InChI=1S/C11H18N2O2/c1-2-11(4-3-5-11)8-13-6-9(14)12-10(15)7-13/h2-8H2,1H3,(H,12,14,15). The Balaban J connectivity index is 1.93. The summed E-state index contributed by atoms with van der Waals surface area (Å²) in [7, 11) is 0. The highest BCUT2D eigenvalue weighted by atomic mass is 16.2. The molecule has 0 atom stereocenters. The fourth-order valence-electron chi connectivity index (χ4n) is 2.58. The summed E-state index contributed by atoms with van der Waals surface area (Å²) in [6.07, 6.45) is 4.94. The zero-order valence-corrected chi connectivity index (χ0v) is 9.21. The van der Waals surface area contributed by atoms with Crippen LogP contribution in [0.2, 0.25) is 0 Å². The number of hydrogen-bond acceptors (Lipinski definition) is 3. The zero-order valence-electron chi connectivity index (χ0n) is 9.21. The van der Waals surface area contributed by atoms with Gasteiger partial charge in [-0.2, -0.15) is 0 Å². The minimum Gasteiger partial charge on any atom is -0.294 e. The molecule has 2 amide bonds. The van der Waals surface area contributed by atoms with Gasteiger partial charge in [0.05, 0.1) is 13.1 Å². The van der Waals surface area contributed by atoms with Gasteiger partial charge in [-0.1, -0.05) is 13.3 Å². The second-order valence-corrected chi connectivity index (χ2v) is 4.82. The molecule has 1 saturated carbocycles. The van der Waals surface area contributed by atoms with E-state index in [1.807, 2.05) is 4.90 Å². The van der Waals surface area contributed by atoms with E-state index < -0.39 is 0 Å². The van der Waals surface area contributed by atoms with E-state index in [2.05, 4.69) is 12.2 Å². The van der Waals surface area contributed by atoms with Crippen molar-refractivity contribution in [2.75, 3.05) is 19.6 Å². The quantitative estimate of drug-likeness (QED) is 0.691. The van der Waals surface area contributed by atoms with E-state index in [0.29, 0.717) is 18.5 Å². The lowest BCUT2D eigenvalue weighted by atomic mass is 9.66. The largest absolute Gasteiger partial charge is 0.294 e. The maximum absolute atomic E-state index is 11.2. The van der Waals surface area contributed by atoms with E-state index >= 15 is 0 Å². The number of hydrogen-bond donors (Lipinski definition) is 1. The first kappa shape index (κ1) is 10.6. The van der Waals surface area contributed by atoms with Crippen LogP contribution in [0.3, 0.4) is 0 Å². The maximum Gasteiger partial charge on any atom is 0.240 e. The molecule has 1 heterocycles. The Morgan fingerprint density at radius 3 is 2.27 bits per heavy atom. The predicted molar refractivity (Wildman–Crippen MR) is 56.2 cm³/mol.